The van der Waals surface area contributed by atoms with Crippen molar-refractivity contribution in [1.29, 1.82) is 0 Å². The molecule has 0 radical (unpaired) electrons. The van der Waals surface area contributed by atoms with Crippen LogP contribution in [-0.2, 0) is 49.6 Å². The number of hydrogen-bond acceptors (Lipinski definition) is 16. The summed E-state index contributed by atoms with van der Waals surface area (Å²) < 4.78 is 0. The molecule has 1 aliphatic rings. The molecule has 0 saturated carbocycles. The highest BCUT2D eigenvalue weighted by Crippen LogP contribution is 2.12. The number of aliphatic hydroxyl groups is 2. The van der Waals surface area contributed by atoms with Gasteiger partial charge in [-0.15, -0.1) is 0 Å². The number of rotatable bonds is 22. The average molecular weight is 1020 g/mol. The van der Waals surface area contributed by atoms with Gasteiger partial charge in [-0.2, -0.15) is 0 Å². The lowest BCUT2D eigenvalue weighted by Crippen LogP contribution is -2.61. The smallest absolute Gasteiger partial charge is 0.245 e. The number of nitrogens with two attached hydrogens (primary N) is 5. The molecule has 25 nitrogen and oxygen atoms in total. The van der Waals surface area contributed by atoms with Gasteiger partial charge in [0, 0.05) is 13.0 Å². The second kappa shape index (κ2) is 33.0. The predicted molar refractivity (Wildman–Crippen MR) is 267 cm³/mol. The summed E-state index contributed by atoms with van der Waals surface area (Å²) in [6, 6.07) is -3.83. The van der Waals surface area contributed by atoms with Gasteiger partial charge in [-0.1, -0.05) is 44.2 Å². The Balaban J connectivity index is 2.79. The molecule has 1 aliphatic heterocycles. The first kappa shape index (κ1) is 62.3. The molecule has 0 unspecified atom stereocenters. The molecule has 1 heterocycles. The molecule has 0 aromatic heterocycles. The van der Waals surface area contributed by atoms with E-state index in [4.69, 9.17) is 28.7 Å². The molecule has 1 aromatic rings. The topological polar surface area (TPSA) is 432 Å². The van der Waals surface area contributed by atoms with Crippen molar-refractivity contribution in [2.24, 2.45) is 34.6 Å². The summed E-state index contributed by atoms with van der Waals surface area (Å²) in [6.45, 7) is 6.06. The Kier molecular flexibility index (Phi) is 28.6. The molecule has 1 aromatic carbocycles. The van der Waals surface area contributed by atoms with Gasteiger partial charge in [-0.3, -0.25) is 43.2 Å². The lowest BCUT2D eigenvalue weighted by Gasteiger charge is -2.28. The summed E-state index contributed by atoms with van der Waals surface area (Å²) in [4.78, 5) is 126. The molecule has 21 N–H and O–H groups in total. The maximum Gasteiger partial charge on any atom is 0.245 e. The molecule has 0 aliphatic carbocycles. The van der Waals surface area contributed by atoms with Crippen molar-refractivity contribution in [3.63, 3.8) is 0 Å². The van der Waals surface area contributed by atoms with E-state index in [1.807, 2.05) is 13.8 Å². The summed E-state index contributed by atoms with van der Waals surface area (Å²) >= 11 is 0. The van der Waals surface area contributed by atoms with E-state index >= 15 is 0 Å². The molecule has 406 valence electrons. The van der Waals surface area contributed by atoms with E-state index in [0.29, 0.717) is 31.2 Å². The number of amides is 9. The van der Waals surface area contributed by atoms with Crippen molar-refractivity contribution in [2.75, 3.05) is 32.7 Å². The van der Waals surface area contributed by atoms with Crippen LogP contribution in [0.4, 0.5) is 0 Å². The number of carbonyl (C=O) groups excluding carboxylic acids is 9. The predicted octanol–water partition coefficient (Wildman–Crippen LogP) is -5.28. The molecular formula is C47H82N14O11. The second-order valence-corrected chi connectivity index (χ2v) is 18.5. The minimum atomic E-state index is -1.61. The Bertz CT molecular complexity index is 1910. The van der Waals surface area contributed by atoms with E-state index in [9.17, 15) is 53.4 Å². The standard InChI is InChI=1S/C47H82N14O11/c1-26(2)24-35-44(69)55-30(14-8-10-19-48)39(64)54-31(15-9-11-20-49)43(68)61-38(28(4)63)47(72)53-23-18-34(57-40(65)33(17-22-51)58-46(71)37(52)27(3)62)42(67)56-32(16-21-50)41(66)60-36(45(70)59-35)25-29-12-6-5-7-13-29/h5-7,12-13,26-28,30-38,62-63H,8-11,14-25,48-52H2,1-4H3,(H,53,72)(H,54,64)(H,55,69)(H,56,67)(H,57,65)(H,58,71)(H,59,70)(H,60,66)(H,61,68)/t27-,28-,30+,31-,32-,33+,34-,35-,36-,37+,38+/m1/s1. The van der Waals surface area contributed by atoms with Crippen LogP contribution in [0.5, 0.6) is 0 Å². The molecule has 11 atom stereocenters. The summed E-state index contributed by atoms with van der Waals surface area (Å²) in [7, 11) is 0. The fraction of sp³-hybridized carbons (Fsp3) is 0.681. The van der Waals surface area contributed by atoms with Gasteiger partial charge in [0.1, 0.15) is 54.4 Å². The van der Waals surface area contributed by atoms with Crippen LogP contribution in [0.25, 0.3) is 0 Å². The molecule has 0 spiro atoms. The van der Waals surface area contributed by atoms with Crippen molar-refractivity contribution >= 4 is 53.2 Å². The Morgan fingerprint density at radius 3 is 1.62 bits per heavy atom. The maximum absolute atomic E-state index is 14.4. The quantitative estimate of drug-likeness (QED) is 0.0483. The SMILES string of the molecule is CC(C)C[C@H]1NC(=O)[C@@H](Cc2ccccc2)NC(=O)[C@@H](CCN)NC(=O)[C@H](NC(=O)[C@H](CCN)NC(=O)[C@@H](N)[C@@H](C)O)CCNC(=O)[C@H]([C@@H](C)O)NC(=O)[C@@H](CCCCN)NC(=O)[C@H](CCCCN)NC1=O. The average Bonchev–Trinajstić information content (AvgIpc) is 3.33. The molecule has 72 heavy (non-hydrogen) atoms. The van der Waals surface area contributed by atoms with Crippen LogP contribution < -0.4 is 76.5 Å². The highest BCUT2D eigenvalue weighted by molar-refractivity contribution is 5.98. The number of aliphatic hydroxyl groups excluding tert-OH is 2. The fourth-order valence-corrected chi connectivity index (χ4v) is 7.65. The molecule has 1 fully saturated rings. The van der Waals surface area contributed by atoms with Gasteiger partial charge in [0.25, 0.3) is 0 Å². The van der Waals surface area contributed by atoms with E-state index in [1.165, 1.54) is 13.8 Å². The highest BCUT2D eigenvalue weighted by atomic mass is 16.3. The van der Waals surface area contributed by atoms with Crippen molar-refractivity contribution in [3.8, 4) is 0 Å². The fourth-order valence-electron chi connectivity index (χ4n) is 7.65. The van der Waals surface area contributed by atoms with Gasteiger partial charge in [0.05, 0.1) is 12.2 Å². The first-order valence-electron chi connectivity index (χ1n) is 24.8. The van der Waals surface area contributed by atoms with Crippen LogP contribution >= 0.6 is 0 Å². The van der Waals surface area contributed by atoms with Gasteiger partial charge >= 0.3 is 0 Å². The van der Waals surface area contributed by atoms with Crippen molar-refractivity contribution in [2.45, 2.75) is 165 Å². The Morgan fingerprint density at radius 1 is 0.611 bits per heavy atom. The van der Waals surface area contributed by atoms with Crippen molar-refractivity contribution in [3.05, 3.63) is 35.9 Å². The van der Waals surface area contributed by atoms with E-state index in [-0.39, 0.29) is 83.6 Å². The lowest BCUT2D eigenvalue weighted by atomic mass is 9.99. The number of hydrogen-bond donors (Lipinski definition) is 16. The highest BCUT2D eigenvalue weighted by Gasteiger charge is 2.36. The molecule has 1 saturated heterocycles. The molecule has 9 amide bonds. The minimum absolute atomic E-state index is 0.0468. The number of nitrogens with one attached hydrogen (secondary N) is 9. The molecule has 0 bridgehead atoms. The Morgan fingerprint density at radius 2 is 1.11 bits per heavy atom. The zero-order chi connectivity index (χ0) is 53.9. The number of benzene rings is 1. The van der Waals surface area contributed by atoms with Crippen LogP contribution in [0.15, 0.2) is 30.3 Å². The summed E-state index contributed by atoms with van der Waals surface area (Å²) in [5.41, 5.74) is 29.6. The zero-order valence-electron chi connectivity index (χ0n) is 42.1. The third-order valence-corrected chi connectivity index (χ3v) is 11.8. The van der Waals surface area contributed by atoms with E-state index in [2.05, 4.69) is 47.9 Å². The summed E-state index contributed by atoms with van der Waals surface area (Å²) in [5, 5.41) is 44.1. The van der Waals surface area contributed by atoms with E-state index < -0.39 is 120 Å². The van der Waals surface area contributed by atoms with Crippen molar-refractivity contribution < 1.29 is 53.4 Å². The lowest BCUT2D eigenvalue weighted by molar-refractivity contribution is -0.136. The van der Waals surface area contributed by atoms with E-state index in [1.54, 1.807) is 30.3 Å². The molecule has 25 heteroatoms. The van der Waals surface area contributed by atoms with Gasteiger partial charge in [0.15, 0.2) is 0 Å². The van der Waals surface area contributed by atoms with Crippen molar-refractivity contribution in [1.82, 2.24) is 47.9 Å². The van der Waals surface area contributed by atoms with Gasteiger partial charge in [-0.05, 0) is 116 Å². The van der Waals surface area contributed by atoms with Crippen LogP contribution in [0.2, 0.25) is 0 Å². The normalized spacial score (nSPS) is 24.2. The third kappa shape index (κ3) is 21.9. The van der Waals surface area contributed by atoms with Gasteiger partial charge < -0.3 is 86.7 Å². The minimum Gasteiger partial charge on any atom is -0.391 e. The molecular weight excluding hydrogens is 937 g/mol. The van der Waals surface area contributed by atoms with Crippen LogP contribution in [0, 0.1) is 5.92 Å². The first-order valence-corrected chi connectivity index (χ1v) is 24.8. The van der Waals surface area contributed by atoms with Crippen LogP contribution in [-0.4, -0.2) is 163 Å². The van der Waals surface area contributed by atoms with E-state index in [0.717, 1.165) is 0 Å². The Hall–Kier alpha value is -5.83. The van der Waals surface area contributed by atoms with Crippen LogP contribution in [0.3, 0.4) is 0 Å². The van der Waals surface area contributed by atoms with Gasteiger partial charge in [-0.25, -0.2) is 0 Å². The largest absolute Gasteiger partial charge is 0.391 e. The monoisotopic (exact) mass is 1020 g/mol. The van der Waals surface area contributed by atoms with Crippen LogP contribution in [0.1, 0.15) is 97.5 Å². The summed E-state index contributed by atoms with van der Waals surface area (Å²) in [5.74, 6) is -7.84. The first-order chi connectivity index (χ1) is 34.2. The second-order valence-electron chi connectivity index (χ2n) is 18.5. The third-order valence-electron chi connectivity index (χ3n) is 11.8. The summed E-state index contributed by atoms with van der Waals surface area (Å²) in [6.07, 6.45) is -1.63. The maximum atomic E-state index is 14.4. The number of carbonyl (C=O) groups is 9. The zero-order valence-corrected chi connectivity index (χ0v) is 42.1. The van der Waals surface area contributed by atoms with Gasteiger partial charge in [0.2, 0.25) is 53.2 Å². The number of unbranched alkanes of at least 4 members (excludes halogenated alkanes) is 2. The Labute approximate surface area is 421 Å². The molecule has 2 rings (SSSR count).